The molecule has 1 heteroatoms. The number of thiol groups is 1. The Morgan fingerprint density at radius 1 is 1.42 bits per heavy atom. The van der Waals surface area contributed by atoms with Crippen molar-refractivity contribution in [2.75, 3.05) is 0 Å². The van der Waals surface area contributed by atoms with Gasteiger partial charge in [-0.25, -0.2) is 0 Å². The quantitative estimate of drug-likeness (QED) is 0.656. The largest absolute Gasteiger partial charge is 0.143 e. The van der Waals surface area contributed by atoms with Crippen molar-refractivity contribution in [2.24, 2.45) is 0 Å². The minimum absolute atomic E-state index is 0.567. The van der Waals surface area contributed by atoms with E-state index in [4.69, 9.17) is 0 Å². The van der Waals surface area contributed by atoms with Gasteiger partial charge in [0.1, 0.15) is 0 Å². The molecule has 0 aliphatic rings. The Labute approximate surface area is 79.7 Å². The maximum atomic E-state index is 4.21. The maximum absolute atomic E-state index is 4.21. The van der Waals surface area contributed by atoms with Gasteiger partial charge in [-0.2, -0.15) is 0 Å². The first-order valence-corrected chi connectivity index (χ1v) is 4.54. The number of hydrogen-bond acceptors (Lipinski definition) is 1. The third-order valence-corrected chi connectivity index (χ3v) is 2.14. The predicted octanol–water partition coefficient (Wildman–Crippen LogP) is 3.71. The summed E-state index contributed by atoms with van der Waals surface area (Å²) in [4.78, 5) is 0.831. The molecule has 0 fully saturated rings. The van der Waals surface area contributed by atoms with Gasteiger partial charge < -0.3 is 0 Å². The zero-order valence-electron chi connectivity index (χ0n) is 7.54. The maximum Gasteiger partial charge on any atom is 0.00406 e. The summed E-state index contributed by atoms with van der Waals surface area (Å²) in [5.41, 5.74) is 2.45. The highest BCUT2D eigenvalue weighted by molar-refractivity contribution is 7.90. The first-order chi connectivity index (χ1) is 5.61. The fourth-order valence-electron chi connectivity index (χ4n) is 1.08. The van der Waals surface area contributed by atoms with Crippen LogP contribution in [0.15, 0.2) is 30.8 Å². The van der Waals surface area contributed by atoms with E-state index in [1.807, 2.05) is 12.1 Å². The van der Waals surface area contributed by atoms with Gasteiger partial charge in [-0.15, -0.1) is 12.6 Å². The van der Waals surface area contributed by atoms with E-state index in [0.29, 0.717) is 5.92 Å². The molecule has 0 N–H and O–H groups in total. The molecule has 1 aromatic rings. The van der Waals surface area contributed by atoms with Crippen LogP contribution in [0, 0.1) is 0 Å². The lowest BCUT2D eigenvalue weighted by atomic mass is 10.0. The number of rotatable bonds is 2. The monoisotopic (exact) mass is 178 g/mol. The molecular weight excluding hydrogens is 164 g/mol. The Morgan fingerprint density at radius 2 is 2.08 bits per heavy atom. The molecule has 0 aliphatic heterocycles. The van der Waals surface area contributed by atoms with Crippen molar-refractivity contribution in [3.63, 3.8) is 0 Å². The molecular formula is C11H14S. The molecule has 0 bridgehead atoms. The first kappa shape index (κ1) is 9.40. The van der Waals surface area contributed by atoms with Gasteiger partial charge >= 0.3 is 0 Å². The van der Waals surface area contributed by atoms with Crippen LogP contribution in [0.3, 0.4) is 0 Å². The van der Waals surface area contributed by atoms with Crippen LogP contribution in [0.5, 0.6) is 0 Å². The predicted molar refractivity (Wildman–Crippen MR) is 58.6 cm³/mol. The first-order valence-electron chi connectivity index (χ1n) is 4.09. The van der Waals surface area contributed by atoms with E-state index in [0.717, 1.165) is 10.5 Å². The van der Waals surface area contributed by atoms with Crippen molar-refractivity contribution in [3.05, 3.63) is 42.0 Å². The average Bonchev–Trinajstić information content (AvgIpc) is 2.04. The molecule has 0 amide bonds. The van der Waals surface area contributed by atoms with Gasteiger partial charge in [-0.3, -0.25) is 0 Å². The summed E-state index contributed by atoms with van der Waals surface area (Å²) in [5, 5.41) is 0. The number of hydrogen-bond donors (Lipinski definition) is 1. The van der Waals surface area contributed by atoms with Gasteiger partial charge in [-0.05, 0) is 17.0 Å². The molecule has 1 aromatic carbocycles. The molecule has 0 aliphatic carbocycles. The van der Waals surface area contributed by atoms with Gasteiger partial charge in [-0.1, -0.05) is 44.7 Å². The van der Waals surface area contributed by atoms with Gasteiger partial charge in [0.25, 0.3) is 0 Å². The van der Waals surface area contributed by atoms with Crippen molar-refractivity contribution in [2.45, 2.75) is 19.8 Å². The van der Waals surface area contributed by atoms with Crippen molar-refractivity contribution in [1.29, 1.82) is 0 Å². The zero-order valence-corrected chi connectivity index (χ0v) is 8.44. The van der Waals surface area contributed by atoms with Crippen molar-refractivity contribution in [1.82, 2.24) is 0 Å². The Morgan fingerprint density at radius 3 is 2.58 bits per heavy atom. The highest BCUT2D eigenvalue weighted by Gasteiger charge is 1.99. The molecule has 0 nitrogen and oxygen atoms in total. The third kappa shape index (κ3) is 2.15. The minimum atomic E-state index is 0.567. The topological polar surface area (TPSA) is 0 Å². The summed E-state index contributed by atoms with van der Waals surface area (Å²) >= 11 is 4.21. The van der Waals surface area contributed by atoms with Crippen LogP contribution in [0.1, 0.15) is 30.9 Å². The van der Waals surface area contributed by atoms with Gasteiger partial charge in [0.15, 0.2) is 0 Å². The van der Waals surface area contributed by atoms with E-state index < -0.39 is 0 Å². The van der Waals surface area contributed by atoms with E-state index in [-0.39, 0.29) is 0 Å². The Kier molecular flexibility index (Phi) is 2.99. The lowest BCUT2D eigenvalue weighted by Gasteiger charge is -2.06. The molecule has 0 radical (unpaired) electrons. The SMILES string of the molecule is C=C(S)c1cccc(C(C)C)c1. The lowest BCUT2D eigenvalue weighted by molar-refractivity contribution is 0.866. The van der Waals surface area contributed by atoms with Crippen LogP contribution < -0.4 is 0 Å². The smallest absolute Gasteiger partial charge is 0.00406 e. The van der Waals surface area contributed by atoms with E-state index >= 15 is 0 Å². The summed E-state index contributed by atoms with van der Waals surface area (Å²) in [6.45, 7) is 8.15. The molecule has 1 rings (SSSR count). The van der Waals surface area contributed by atoms with Crippen molar-refractivity contribution < 1.29 is 0 Å². The van der Waals surface area contributed by atoms with Crippen LogP contribution in [0.4, 0.5) is 0 Å². The molecule has 0 saturated heterocycles. The summed E-state index contributed by atoms with van der Waals surface area (Å²) in [6, 6.07) is 8.35. The molecule has 0 unspecified atom stereocenters. The normalized spacial score (nSPS) is 10.3. The Balaban J connectivity index is 3.04. The number of benzene rings is 1. The molecule has 64 valence electrons. The fourth-order valence-corrected chi connectivity index (χ4v) is 1.22. The standard InChI is InChI=1S/C11H14S/c1-8(2)10-5-4-6-11(7-10)9(3)12/h4-8,12H,3H2,1-2H3. The molecule has 0 spiro atoms. The van der Waals surface area contributed by atoms with E-state index in [2.05, 4.69) is 45.2 Å². The second-order valence-electron chi connectivity index (χ2n) is 3.23. The highest BCUT2D eigenvalue weighted by atomic mass is 32.1. The van der Waals surface area contributed by atoms with Crippen LogP contribution in [-0.2, 0) is 0 Å². The highest BCUT2D eigenvalue weighted by Crippen LogP contribution is 2.21. The summed E-state index contributed by atoms with van der Waals surface area (Å²) in [6.07, 6.45) is 0. The molecule has 0 atom stereocenters. The Hall–Kier alpha value is -0.690. The van der Waals surface area contributed by atoms with Gasteiger partial charge in [0, 0.05) is 4.91 Å². The van der Waals surface area contributed by atoms with Crippen LogP contribution in [0.2, 0.25) is 0 Å². The molecule has 0 aromatic heterocycles. The molecule has 0 heterocycles. The zero-order chi connectivity index (χ0) is 9.14. The second kappa shape index (κ2) is 3.81. The van der Waals surface area contributed by atoms with E-state index in [1.165, 1.54) is 5.56 Å². The van der Waals surface area contributed by atoms with Crippen molar-refractivity contribution in [3.8, 4) is 0 Å². The lowest BCUT2D eigenvalue weighted by Crippen LogP contribution is -1.87. The van der Waals surface area contributed by atoms with Crippen molar-refractivity contribution >= 4 is 17.5 Å². The molecule has 12 heavy (non-hydrogen) atoms. The van der Waals surface area contributed by atoms with E-state index in [1.54, 1.807) is 0 Å². The van der Waals surface area contributed by atoms with Crippen LogP contribution >= 0.6 is 12.6 Å². The van der Waals surface area contributed by atoms with Crippen LogP contribution in [0.25, 0.3) is 4.91 Å². The summed E-state index contributed by atoms with van der Waals surface area (Å²) < 4.78 is 0. The van der Waals surface area contributed by atoms with Gasteiger partial charge in [0.05, 0.1) is 0 Å². The summed E-state index contributed by atoms with van der Waals surface area (Å²) in [5.74, 6) is 0.567. The van der Waals surface area contributed by atoms with Crippen LogP contribution in [-0.4, -0.2) is 0 Å². The minimum Gasteiger partial charge on any atom is -0.143 e. The molecule has 0 saturated carbocycles. The summed E-state index contributed by atoms with van der Waals surface area (Å²) in [7, 11) is 0. The fraction of sp³-hybridized carbons (Fsp3) is 0.273. The van der Waals surface area contributed by atoms with E-state index in [9.17, 15) is 0 Å². The average molecular weight is 178 g/mol. The Bertz CT molecular complexity index is 287. The van der Waals surface area contributed by atoms with Gasteiger partial charge in [0.2, 0.25) is 0 Å². The second-order valence-corrected chi connectivity index (χ2v) is 3.77. The third-order valence-electron chi connectivity index (χ3n) is 1.89.